The molecular formula is C23H24N4S3. The second-order valence-corrected chi connectivity index (χ2v) is 9.88. The van der Waals surface area contributed by atoms with Gasteiger partial charge in [-0.15, -0.1) is 39.4 Å². The lowest BCUT2D eigenvalue weighted by molar-refractivity contribution is 0.730. The molecule has 0 saturated carbocycles. The van der Waals surface area contributed by atoms with E-state index in [2.05, 4.69) is 77.1 Å². The van der Waals surface area contributed by atoms with E-state index >= 15 is 0 Å². The van der Waals surface area contributed by atoms with Gasteiger partial charge in [-0.05, 0) is 31.4 Å². The molecule has 4 rings (SSSR count). The van der Waals surface area contributed by atoms with Gasteiger partial charge in [0.25, 0.3) is 0 Å². The number of benzene rings is 1. The highest BCUT2D eigenvalue weighted by Gasteiger charge is 2.18. The van der Waals surface area contributed by atoms with Gasteiger partial charge in [0.05, 0.1) is 5.69 Å². The summed E-state index contributed by atoms with van der Waals surface area (Å²) in [5.41, 5.74) is 6.07. The van der Waals surface area contributed by atoms with Crippen LogP contribution in [0, 0.1) is 13.8 Å². The Kier molecular flexibility index (Phi) is 6.51. The lowest BCUT2D eigenvalue weighted by Gasteiger charge is -2.08. The minimum atomic E-state index is 0.689. The smallest absolute Gasteiger partial charge is 0.192 e. The molecule has 0 aliphatic carbocycles. The highest BCUT2D eigenvalue weighted by atomic mass is 32.2. The number of aromatic nitrogens is 4. The number of allylic oxidation sites excluding steroid dienone is 1. The number of hydrogen-bond acceptors (Lipinski definition) is 6. The Bertz CT molecular complexity index is 1170. The molecule has 0 atom stereocenters. The van der Waals surface area contributed by atoms with E-state index in [0.717, 1.165) is 33.9 Å². The molecule has 4 nitrogen and oxygen atoms in total. The van der Waals surface area contributed by atoms with Crippen molar-refractivity contribution in [2.75, 3.05) is 0 Å². The summed E-state index contributed by atoms with van der Waals surface area (Å²) in [4.78, 5) is 6.20. The molecule has 0 aliphatic rings. The van der Waals surface area contributed by atoms with Crippen molar-refractivity contribution >= 4 is 34.4 Å². The van der Waals surface area contributed by atoms with E-state index in [-0.39, 0.29) is 0 Å². The molecule has 0 spiro atoms. The molecule has 0 aliphatic heterocycles. The van der Waals surface area contributed by atoms with Crippen LogP contribution in [0.4, 0.5) is 0 Å². The average molecular weight is 453 g/mol. The van der Waals surface area contributed by atoms with Crippen molar-refractivity contribution in [3.05, 3.63) is 69.4 Å². The Morgan fingerprint density at radius 1 is 1.10 bits per heavy atom. The van der Waals surface area contributed by atoms with Gasteiger partial charge in [-0.3, -0.25) is 4.57 Å². The highest BCUT2D eigenvalue weighted by Crippen LogP contribution is 2.34. The average Bonchev–Trinajstić information content (AvgIpc) is 3.46. The van der Waals surface area contributed by atoms with Crippen molar-refractivity contribution in [1.29, 1.82) is 0 Å². The van der Waals surface area contributed by atoms with Crippen LogP contribution in [0.2, 0.25) is 0 Å². The first kappa shape index (κ1) is 21.0. The van der Waals surface area contributed by atoms with Crippen molar-refractivity contribution < 1.29 is 0 Å². The predicted octanol–water partition coefficient (Wildman–Crippen LogP) is 6.79. The van der Waals surface area contributed by atoms with Crippen LogP contribution >= 0.6 is 34.4 Å². The van der Waals surface area contributed by atoms with Crippen LogP contribution in [0.5, 0.6) is 0 Å². The fraction of sp³-hybridized carbons (Fsp3) is 0.261. The van der Waals surface area contributed by atoms with Gasteiger partial charge in [0, 0.05) is 39.1 Å². The van der Waals surface area contributed by atoms with E-state index in [9.17, 15) is 0 Å². The van der Waals surface area contributed by atoms with Gasteiger partial charge in [0.15, 0.2) is 11.0 Å². The summed E-state index contributed by atoms with van der Waals surface area (Å²) in [5, 5.41) is 15.3. The van der Waals surface area contributed by atoms with E-state index in [1.807, 2.05) is 6.08 Å². The SMILES string of the molecule is C=CCn1c(SCc2csc(-c3ccccc3C)n2)nnc1-c1csc(C)c1CC. The number of nitrogens with zero attached hydrogens (tertiary/aromatic N) is 4. The van der Waals surface area contributed by atoms with Crippen LogP contribution < -0.4 is 0 Å². The zero-order chi connectivity index (χ0) is 21.1. The molecule has 0 bridgehead atoms. The fourth-order valence-corrected chi connectivity index (χ4v) is 6.24. The second kappa shape index (κ2) is 9.29. The third-order valence-electron chi connectivity index (χ3n) is 5.00. The quantitative estimate of drug-likeness (QED) is 0.218. The van der Waals surface area contributed by atoms with Gasteiger partial charge >= 0.3 is 0 Å². The Morgan fingerprint density at radius 3 is 2.70 bits per heavy atom. The Morgan fingerprint density at radius 2 is 1.93 bits per heavy atom. The van der Waals surface area contributed by atoms with E-state index in [0.29, 0.717) is 6.54 Å². The zero-order valence-electron chi connectivity index (χ0n) is 17.4. The zero-order valence-corrected chi connectivity index (χ0v) is 19.8. The summed E-state index contributed by atoms with van der Waals surface area (Å²) in [6.45, 7) is 11.1. The second-order valence-electron chi connectivity index (χ2n) is 6.99. The third-order valence-corrected chi connectivity index (χ3v) is 7.88. The molecule has 7 heteroatoms. The molecule has 0 saturated heterocycles. The first-order valence-electron chi connectivity index (χ1n) is 9.87. The van der Waals surface area contributed by atoms with Gasteiger partial charge in [-0.1, -0.05) is 49.0 Å². The summed E-state index contributed by atoms with van der Waals surface area (Å²) >= 11 is 5.15. The minimum Gasteiger partial charge on any atom is -0.298 e. The van der Waals surface area contributed by atoms with Crippen molar-refractivity contribution in [3.8, 4) is 22.0 Å². The summed E-state index contributed by atoms with van der Waals surface area (Å²) < 4.78 is 2.16. The first-order valence-corrected chi connectivity index (χ1v) is 12.6. The van der Waals surface area contributed by atoms with Crippen molar-refractivity contribution in [2.24, 2.45) is 0 Å². The van der Waals surface area contributed by atoms with E-state index in [4.69, 9.17) is 4.98 Å². The Labute approximate surface area is 189 Å². The number of thiazole rings is 1. The molecular weight excluding hydrogens is 428 g/mol. The summed E-state index contributed by atoms with van der Waals surface area (Å²) in [6, 6.07) is 8.38. The molecule has 0 unspecified atom stereocenters. The van der Waals surface area contributed by atoms with Gasteiger partial charge < -0.3 is 0 Å². The fourth-order valence-electron chi connectivity index (χ4n) is 3.44. The van der Waals surface area contributed by atoms with E-state index in [1.165, 1.54) is 27.1 Å². The van der Waals surface area contributed by atoms with Crippen molar-refractivity contribution in [3.63, 3.8) is 0 Å². The van der Waals surface area contributed by atoms with Crippen molar-refractivity contribution in [1.82, 2.24) is 19.7 Å². The van der Waals surface area contributed by atoms with Gasteiger partial charge in [0.2, 0.25) is 0 Å². The summed E-state index contributed by atoms with van der Waals surface area (Å²) in [6.07, 6.45) is 2.90. The number of rotatable bonds is 8. The molecule has 154 valence electrons. The number of thiophene rings is 1. The maximum absolute atomic E-state index is 4.85. The molecule has 0 amide bonds. The normalized spacial score (nSPS) is 11.2. The molecule has 3 aromatic heterocycles. The van der Waals surface area contributed by atoms with Crippen molar-refractivity contribution in [2.45, 2.75) is 44.6 Å². The molecule has 0 N–H and O–H groups in total. The van der Waals surface area contributed by atoms with Gasteiger partial charge in [-0.25, -0.2) is 4.98 Å². The first-order chi connectivity index (χ1) is 14.6. The molecule has 0 fully saturated rings. The Balaban J connectivity index is 1.56. The third kappa shape index (κ3) is 4.15. The van der Waals surface area contributed by atoms with Crippen LogP contribution in [0.3, 0.4) is 0 Å². The van der Waals surface area contributed by atoms with Crippen LogP contribution in [0.25, 0.3) is 22.0 Å². The topological polar surface area (TPSA) is 43.6 Å². The van der Waals surface area contributed by atoms with Crippen LogP contribution in [-0.4, -0.2) is 19.7 Å². The monoisotopic (exact) mass is 452 g/mol. The maximum Gasteiger partial charge on any atom is 0.192 e. The largest absolute Gasteiger partial charge is 0.298 e. The minimum absolute atomic E-state index is 0.689. The molecule has 1 aromatic carbocycles. The maximum atomic E-state index is 4.85. The van der Waals surface area contributed by atoms with Crippen LogP contribution in [0.15, 0.2) is 52.8 Å². The van der Waals surface area contributed by atoms with Gasteiger partial charge in [-0.2, -0.15) is 0 Å². The van der Waals surface area contributed by atoms with E-state index < -0.39 is 0 Å². The standard InChI is InChI=1S/C23H24N4S3/c1-5-11-27-21(20-14-28-16(4)18(20)6-2)25-26-23(27)30-13-17-12-29-22(24-17)19-10-8-7-9-15(19)3/h5,7-10,12,14H,1,6,11,13H2,2-4H3. The highest BCUT2D eigenvalue weighted by molar-refractivity contribution is 7.98. The summed E-state index contributed by atoms with van der Waals surface area (Å²) in [5.74, 6) is 1.69. The number of aryl methyl sites for hydroxylation is 2. The van der Waals surface area contributed by atoms with Crippen LogP contribution in [0.1, 0.15) is 28.6 Å². The summed E-state index contributed by atoms with van der Waals surface area (Å²) in [7, 11) is 0. The number of thioether (sulfide) groups is 1. The lowest BCUT2D eigenvalue weighted by Crippen LogP contribution is -2.01. The molecule has 3 heterocycles. The molecule has 30 heavy (non-hydrogen) atoms. The van der Waals surface area contributed by atoms with Gasteiger partial charge in [0.1, 0.15) is 5.01 Å². The molecule has 4 aromatic rings. The lowest BCUT2D eigenvalue weighted by atomic mass is 10.1. The van der Waals surface area contributed by atoms with E-state index in [1.54, 1.807) is 34.4 Å². The Hall–Kier alpha value is -2.22. The van der Waals surface area contributed by atoms with Crippen LogP contribution in [-0.2, 0) is 18.7 Å². The predicted molar refractivity (Wildman–Crippen MR) is 129 cm³/mol. The molecule has 0 radical (unpaired) electrons. The number of hydrogen-bond donors (Lipinski definition) is 0.